The lowest BCUT2D eigenvalue weighted by Crippen LogP contribution is -2.31. The van der Waals surface area contributed by atoms with Crippen molar-refractivity contribution in [1.82, 2.24) is 9.97 Å². The summed E-state index contributed by atoms with van der Waals surface area (Å²) in [7, 11) is 0. The smallest absolute Gasteiger partial charge is 0.305 e. The van der Waals surface area contributed by atoms with Crippen LogP contribution in [0.4, 0.5) is 11.8 Å². The lowest BCUT2D eigenvalue weighted by atomic mass is 10.1. The summed E-state index contributed by atoms with van der Waals surface area (Å²) in [6, 6.07) is 1.76. The summed E-state index contributed by atoms with van der Waals surface area (Å²) in [6.45, 7) is 2.38. The van der Waals surface area contributed by atoms with Crippen LogP contribution in [-0.4, -0.2) is 40.7 Å². The van der Waals surface area contributed by atoms with E-state index in [1.165, 1.54) is 19.3 Å². The lowest BCUT2D eigenvalue weighted by molar-refractivity contribution is -0.136. The van der Waals surface area contributed by atoms with Crippen molar-refractivity contribution in [1.29, 1.82) is 0 Å². The summed E-state index contributed by atoms with van der Waals surface area (Å²) in [5.41, 5.74) is 0. The Kier molecular flexibility index (Phi) is 4.33. The van der Waals surface area contributed by atoms with E-state index in [4.69, 9.17) is 5.11 Å². The van der Waals surface area contributed by atoms with Gasteiger partial charge in [0.1, 0.15) is 5.82 Å². The normalized spacial score (nSPS) is 15.4. The predicted molar refractivity (Wildman–Crippen MR) is 68.8 cm³/mol. The van der Waals surface area contributed by atoms with Crippen molar-refractivity contribution >= 4 is 17.7 Å². The van der Waals surface area contributed by atoms with Gasteiger partial charge in [0, 0.05) is 25.8 Å². The van der Waals surface area contributed by atoms with E-state index in [0.29, 0.717) is 12.4 Å². The van der Waals surface area contributed by atoms with Gasteiger partial charge in [0.05, 0.1) is 6.42 Å². The molecule has 0 amide bonds. The highest BCUT2D eigenvalue weighted by atomic mass is 16.4. The molecule has 18 heavy (non-hydrogen) atoms. The molecule has 0 saturated carbocycles. The van der Waals surface area contributed by atoms with Crippen LogP contribution in [0, 0.1) is 0 Å². The molecule has 0 aliphatic carbocycles. The average Bonchev–Trinajstić information content (AvgIpc) is 2.40. The maximum Gasteiger partial charge on any atom is 0.305 e. The summed E-state index contributed by atoms with van der Waals surface area (Å²) in [5, 5.41) is 11.6. The van der Waals surface area contributed by atoms with Crippen LogP contribution < -0.4 is 10.2 Å². The monoisotopic (exact) mass is 250 g/mol. The Morgan fingerprint density at radius 1 is 1.39 bits per heavy atom. The van der Waals surface area contributed by atoms with Crippen molar-refractivity contribution in [3.63, 3.8) is 0 Å². The molecule has 0 radical (unpaired) electrons. The van der Waals surface area contributed by atoms with Gasteiger partial charge in [-0.2, -0.15) is 4.98 Å². The standard InChI is InChI=1S/C12H18N4O2/c17-11(18)5-7-13-10-4-6-14-12(15-10)16-8-2-1-3-9-16/h4,6H,1-3,5,7-9H2,(H,17,18)(H,13,14,15). The third-order valence-corrected chi connectivity index (χ3v) is 2.93. The van der Waals surface area contributed by atoms with E-state index in [1.807, 2.05) is 0 Å². The van der Waals surface area contributed by atoms with E-state index >= 15 is 0 Å². The topological polar surface area (TPSA) is 78.3 Å². The Labute approximate surface area is 106 Å². The second kappa shape index (κ2) is 6.18. The first-order valence-electron chi connectivity index (χ1n) is 6.29. The number of nitrogens with zero attached hydrogens (tertiary/aromatic N) is 3. The Hall–Kier alpha value is -1.85. The van der Waals surface area contributed by atoms with E-state index in [-0.39, 0.29) is 6.42 Å². The Morgan fingerprint density at radius 3 is 2.89 bits per heavy atom. The Morgan fingerprint density at radius 2 is 2.17 bits per heavy atom. The molecule has 0 aromatic carbocycles. The van der Waals surface area contributed by atoms with Gasteiger partial charge in [-0.1, -0.05) is 0 Å². The molecule has 6 nitrogen and oxygen atoms in total. The van der Waals surface area contributed by atoms with Gasteiger partial charge in [-0.3, -0.25) is 4.79 Å². The number of hydrogen-bond acceptors (Lipinski definition) is 5. The minimum atomic E-state index is -0.812. The molecule has 0 bridgehead atoms. The number of hydrogen-bond donors (Lipinski definition) is 2. The van der Waals surface area contributed by atoms with Crippen LogP contribution in [0.25, 0.3) is 0 Å². The van der Waals surface area contributed by atoms with Crippen LogP contribution >= 0.6 is 0 Å². The van der Waals surface area contributed by atoms with Gasteiger partial charge in [0.2, 0.25) is 5.95 Å². The van der Waals surface area contributed by atoms with Crippen molar-refractivity contribution in [3.8, 4) is 0 Å². The van der Waals surface area contributed by atoms with E-state index in [2.05, 4.69) is 20.2 Å². The van der Waals surface area contributed by atoms with Gasteiger partial charge in [0.15, 0.2) is 0 Å². The third-order valence-electron chi connectivity index (χ3n) is 2.93. The second-order valence-electron chi connectivity index (χ2n) is 4.36. The summed E-state index contributed by atoms with van der Waals surface area (Å²) >= 11 is 0. The lowest BCUT2D eigenvalue weighted by Gasteiger charge is -2.26. The van der Waals surface area contributed by atoms with E-state index in [9.17, 15) is 4.79 Å². The molecule has 1 aromatic rings. The quantitative estimate of drug-likeness (QED) is 0.821. The molecular weight excluding hydrogens is 232 g/mol. The minimum Gasteiger partial charge on any atom is -0.481 e. The number of rotatable bonds is 5. The minimum absolute atomic E-state index is 0.0864. The van der Waals surface area contributed by atoms with E-state index in [0.717, 1.165) is 19.0 Å². The Bertz CT molecular complexity index is 405. The second-order valence-corrected chi connectivity index (χ2v) is 4.36. The van der Waals surface area contributed by atoms with Crippen molar-refractivity contribution in [3.05, 3.63) is 12.3 Å². The molecule has 2 N–H and O–H groups in total. The van der Waals surface area contributed by atoms with Gasteiger partial charge in [-0.05, 0) is 25.3 Å². The maximum absolute atomic E-state index is 10.4. The van der Waals surface area contributed by atoms with Crippen LogP contribution in [0.5, 0.6) is 0 Å². The number of carbonyl (C=O) groups is 1. The first kappa shape index (κ1) is 12.6. The predicted octanol–water partition coefficient (Wildman–Crippen LogP) is 1.35. The first-order valence-corrected chi connectivity index (χ1v) is 6.29. The van der Waals surface area contributed by atoms with Gasteiger partial charge < -0.3 is 15.3 Å². The van der Waals surface area contributed by atoms with Gasteiger partial charge in [0.25, 0.3) is 0 Å². The van der Waals surface area contributed by atoms with Crippen molar-refractivity contribution in [2.24, 2.45) is 0 Å². The van der Waals surface area contributed by atoms with E-state index in [1.54, 1.807) is 12.3 Å². The zero-order chi connectivity index (χ0) is 12.8. The molecule has 1 aliphatic rings. The molecule has 1 fully saturated rings. The molecule has 0 spiro atoms. The number of nitrogens with one attached hydrogen (secondary N) is 1. The zero-order valence-corrected chi connectivity index (χ0v) is 10.3. The molecule has 6 heteroatoms. The number of aliphatic carboxylic acids is 1. The van der Waals surface area contributed by atoms with E-state index < -0.39 is 5.97 Å². The van der Waals surface area contributed by atoms with Crippen LogP contribution in [0.15, 0.2) is 12.3 Å². The third kappa shape index (κ3) is 3.58. The van der Waals surface area contributed by atoms with Crippen LogP contribution in [0.2, 0.25) is 0 Å². The Balaban J connectivity index is 1.93. The average molecular weight is 250 g/mol. The number of carboxylic acid groups (broad SMARTS) is 1. The maximum atomic E-state index is 10.4. The highest BCUT2D eigenvalue weighted by Crippen LogP contribution is 2.16. The molecule has 0 unspecified atom stereocenters. The van der Waals surface area contributed by atoms with Gasteiger partial charge >= 0.3 is 5.97 Å². The van der Waals surface area contributed by atoms with Crippen molar-refractivity contribution in [2.75, 3.05) is 29.9 Å². The van der Waals surface area contributed by atoms with Crippen molar-refractivity contribution < 1.29 is 9.90 Å². The fraction of sp³-hybridized carbons (Fsp3) is 0.583. The number of carboxylic acids is 1. The fourth-order valence-electron chi connectivity index (χ4n) is 1.99. The number of aromatic nitrogens is 2. The highest BCUT2D eigenvalue weighted by molar-refractivity contribution is 5.67. The highest BCUT2D eigenvalue weighted by Gasteiger charge is 2.13. The molecule has 98 valence electrons. The number of anilines is 2. The van der Waals surface area contributed by atoms with Crippen LogP contribution in [0.1, 0.15) is 25.7 Å². The van der Waals surface area contributed by atoms with Gasteiger partial charge in [-0.25, -0.2) is 4.98 Å². The largest absolute Gasteiger partial charge is 0.481 e. The summed E-state index contributed by atoms with van der Waals surface area (Å²) in [5.74, 6) is 0.606. The summed E-state index contributed by atoms with van der Waals surface area (Å²) < 4.78 is 0. The van der Waals surface area contributed by atoms with Crippen LogP contribution in [0.3, 0.4) is 0 Å². The summed E-state index contributed by atoms with van der Waals surface area (Å²) in [4.78, 5) is 21.3. The van der Waals surface area contributed by atoms with Gasteiger partial charge in [-0.15, -0.1) is 0 Å². The summed E-state index contributed by atoms with van der Waals surface area (Å²) in [6.07, 6.45) is 5.43. The molecular formula is C12H18N4O2. The first-order chi connectivity index (χ1) is 8.75. The molecule has 1 aromatic heterocycles. The van der Waals surface area contributed by atoms with Crippen molar-refractivity contribution in [2.45, 2.75) is 25.7 Å². The molecule has 0 atom stereocenters. The molecule has 1 saturated heterocycles. The zero-order valence-electron chi connectivity index (χ0n) is 10.3. The van der Waals surface area contributed by atoms with Crippen LogP contribution in [-0.2, 0) is 4.79 Å². The number of piperidine rings is 1. The fourth-order valence-corrected chi connectivity index (χ4v) is 1.99. The molecule has 2 rings (SSSR count). The molecule has 1 aliphatic heterocycles. The molecule has 2 heterocycles. The SMILES string of the molecule is O=C(O)CCNc1ccnc(N2CCCCC2)n1.